The van der Waals surface area contributed by atoms with Crippen molar-refractivity contribution in [1.82, 2.24) is 0 Å². The van der Waals surface area contributed by atoms with Gasteiger partial charge >= 0.3 is 0 Å². The summed E-state index contributed by atoms with van der Waals surface area (Å²) < 4.78 is 13.0. The van der Waals surface area contributed by atoms with E-state index < -0.39 is 0 Å². The summed E-state index contributed by atoms with van der Waals surface area (Å²) in [6, 6.07) is 6.26. The highest BCUT2D eigenvalue weighted by molar-refractivity contribution is 5.21. The van der Waals surface area contributed by atoms with E-state index in [-0.39, 0.29) is 17.3 Å². The maximum atomic E-state index is 13.0. The molecule has 4 N–H and O–H groups in total. The molecule has 3 heteroatoms. The van der Waals surface area contributed by atoms with Gasteiger partial charge in [-0.1, -0.05) is 26.0 Å². The molecule has 0 bridgehead atoms. The quantitative estimate of drug-likeness (QED) is 0.800. The van der Waals surface area contributed by atoms with Gasteiger partial charge in [-0.05, 0) is 36.1 Å². The summed E-state index contributed by atoms with van der Waals surface area (Å²) in [5.74, 6) is -0.244. The third kappa shape index (κ3) is 3.01. The van der Waals surface area contributed by atoms with Gasteiger partial charge in [0.05, 0.1) is 0 Å². The van der Waals surface area contributed by atoms with Crippen LogP contribution in [0.5, 0.6) is 0 Å². The molecule has 1 unspecified atom stereocenters. The zero-order chi connectivity index (χ0) is 11.5. The Hall–Kier alpha value is -0.930. The van der Waals surface area contributed by atoms with Gasteiger partial charge in [-0.25, -0.2) is 4.39 Å². The van der Waals surface area contributed by atoms with E-state index in [2.05, 4.69) is 13.8 Å². The Kier molecular flexibility index (Phi) is 3.83. The molecule has 1 atom stereocenters. The van der Waals surface area contributed by atoms with Crippen LogP contribution in [0.3, 0.4) is 0 Å². The third-order valence-electron chi connectivity index (χ3n) is 2.84. The largest absolute Gasteiger partial charge is 0.330 e. The van der Waals surface area contributed by atoms with E-state index in [1.165, 1.54) is 12.1 Å². The number of nitrogens with two attached hydrogens (primary N) is 2. The van der Waals surface area contributed by atoms with E-state index in [0.717, 1.165) is 12.0 Å². The average Bonchev–Trinajstić information content (AvgIpc) is 2.16. The molecule has 0 aliphatic carbocycles. The van der Waals surface area contributed by atoms with E-state index in [1.54, 1.807) is 6.07 Å². The molecule has 0 aromatic heterocycles. The topological polar surface area (TPSA) is 52.0 Å². The molecule has 0 aliphatic rings. The van der Waals surface area contributed by atoms with Crippen LogP contribution in [0.25, 0.3) is 0 Å². The summed E-state index contributed by atoms with van der Waals surface area (Å²) >= 11 is 0. The van der Waals surface area contributed by atoms with Crippen LogP contribution in [0.15, 0.2) is 24.3 Å². The minimum atomic E-state index is -0.244. The molecule has 0 saturated heterocycles. The predicted molar refractivity (Wildman–Crippen MR) is 60.8 cm³/mol. The molecule has 0 aliphatic heterocycles. The fourth-order valence-corrected chi connectivity index (χ4v) is 1.68. The van der Waals surface area contributed by atoms with Crippen LogP contribution in [-0.4, -0.2) is 6.54 Å². The SMILES string of the molecule is CC(C)(CCN)C(N)c1cccc(F)c1. The molecule has 15 heavy (non-hydrogen) atoms. The van der Waals surface area contributed by atoms with Crippen LogP contribution < -0.4 is 11.5 Å². The summed E-state index contributed by atoms with van der Waals surface area (Å²) in [5, 5.41) is 0. The number of hydrogen-bond acceptors (Lipinski definition) is 2. The number of benzene rings is 1. The zero-order valence-corrected chi connectivity index (χ0v) is 9.33. The van der Waals surface area contributed by atoms with Crippen molar-refractivity contribution in [3.05, 3.63) is 35.6 Å². The summed E-state index contributed by atoms with van der Waals surface area (Å²) in [5.41, 5.74) is 12.4. The van der Waals surface area contributed by atoms with E-state index in [9.17, 15) is 4.39 Å². The van der Waals surface area contributed by atoms with E-state index >= 15 is 0 Å². The number of halogens is 1. The molecule has 1 rings (SSSR count). The maximum Gasteiger partial charge on any atom is 0.123 e. The monoisotopic (exact) mass is 210 g/mol. The lowest BCUT2D eigenvalue weighted by atomic mass is 9.78. The zero-order valence-electron chi connectivity index (χ0n) is 9.33. The Morgan fingerprint density at radius 3 is 2.60 bits per heavy atom. The lowest BCUT2D eigenvalue weighted by molar-refractivity contribution is 0.270. The van der Waals surface area contributed by atoms with Crippen molar-refractivity contribution in [2.24, 2.45) is 16.9 Å². The number of rotatable bonds is 4. The van der Waals surface area contributed by atoms with E-state index in [1.807, 2.05) is 6.07 Å². The summed E-state index contributed by atoms with van der Waals surface area (Å²) in [6.45, 7) is 4.70. The van der Waals surface area contributed by atoms with Gasteiger partial charge in [-0.3, -0.25) is 0 Å². The van der Waals surface area contributed by atoms with Crippen molar-refractivity contribution in [2.75, 3.05) is 6.54 Å². The van der Waals surface area contributed by atoms with Gasteiger partial charge in [0.1, 0.15) is 5.82 Å². The molecule has 0 saturated carbocycles. The van der Waals surface area contributed by atoms with Crippen molar-refractivity contribution < 1.29 is 4.39 Å². The number of hydrogen-bond donors (Lipinski definition) is 2. The molecular formula is C12H19FN2. The standard InChI is InChI=1S/C12H19FN2/c1-12(2,6-7-14)11(15)9-4-3-5-10(13)8-9/h3-5,8,11H,6-7,14-15H2,1-2H3. The molecule has 1 aromatic carbocycles. The highest BCUT2D eigenvalue weighted by Gasteiger charge is 2.26. The predicted octanol–water partition coefficient (Wildman–Crippen LogP) is 2.20. The minimum absolute atomic E-state index is 0.109. The van der Waals surface area contributed by atoms with Crippen LogP contribution in [0, 0.1) is 11.2 Å². The highest BCUT2D eigenvalue weighted by atomic mass is 19.1. The lowest BCUT2D eigenvalue weighted by Gasteiger charge is -2.31. The Morgan fingerprint density at radius 1 is 1.40 bits per heavy atom. The third-order valence-corrected chi connectivity index (χ3v) is 2.84. The Bertz CT molecular complexity index is 323. The Morgan fingerprint density at radius 2 is 2.07 bits per heavy atom. The van der Waals surface area contributed by atoms with Crippen molar-refractivity contribution in [1.29, 1.82) is 0 Å². The van der Waals surface area contributed by atoms with Gasteiger partial charge in [-0.2, -0.15) is 0 Å². The molecule has 2 nitrogen and oxygen atoms in total. The molecular weight excluding hydrogens is 191 g/mol. The van der Waals surface area contributed by atoms with E-state index in [4.69, 9.17) is 11.5 Å². The molecule has 1 aromatic rings. The highest BCUT2D eigenvalue weighted by Crippen LogP contribution is 2.34. The molecule has 0 spiro atoms. The molecule has 0 radical (unpaired) electrons. The van der Waals surface area contributed by atoms with Gasteiger partial charge in [0, 0.05) is 6.04 Å². The van der Waals surface area contributed by atoms with Gasteiger partial charge in [-0.15, -0.1) is 0 Å². The average molecular weight is 210 g/mol. The van der Waals surface area contributed by atoms with Crippen LogP contribution in [0.1, 0.15) is 31.9 Å². The smallest absolute Gasteiger partial charge is 0.123 e. The fourth-order valence-electron chi connectivity index (χ4n) is 1.68. The van der Waals surface area contributed by atoms with Crippen molar-refractivity contribution in [2.45, 2.75) is 26.3 Å². The summed E-state index contributed by atoms with van der Waals surface area (Å²) in [4.78, 5) is 0. The van der Waals surface area contributed by atoms with E-state index in [0.29, 0.717) is 6.54 Å². The van der Waals surface area contributed by atoms with Crippen LogP contribution in [-0.2, 0) is 0 Å². The minimum Gasteiger partial charge on any atom is -0.330 e. The first kappa shape index (κ1) is 12.1. The first-order valence-electron chi connectivity index (χ1n) is 5.18. The lowest BCUT2D eigenvalue weighted by Crippen LogP contribution is -2.31. The molecule has 0 amide bonds. The summed E-state index contributed by atoms with van der Waals surface area (Å²) in [6.07, 6.45) is 0.824. The van der Waals surface area contributed by atoms with Crippen LogP contribution in [0.2, 0.25) is 0 Å². The Balaban J connectivity index is 2.88. The Labute approximate surface area is 90.5 Å². The normalized spacial score (nSPS) is 13.9. The van der Waals surface area contributed by atoms with Crippen molar-refractivity contribution in [3.63, 3.8) is 0 Å². The van der Waals surface area contributed by atoms with Gasteiger partial charge in [0.2, 0.25) is 0 Å². The van der Waals surface area contributed by atoms with Gasteiger partial charge in [0.25, 0.3) is 0 Å². The van der Waals surface area contributed by atoms with Crippen molar-refractivity contribution >= 4 is 0 Å². The van der Waals surface area contributed by atoms with Gasteiger partial charge in [0.15, 0.2) is 0 Å². The summed E-state index contributed by atoms with van der Waals surface area (Å²) in [7, 11) is 0. The first-order valence-corrected chi connectivity index (χ1v) is 5.18. The first-order chi connectivity index (χ1) is 6.97. The molecule has 84 valence electrons. The second-order valence-electron chi connectivity index (χ2n) is 4.56. The maximum absolute atomic E-state index is 13.0. The second-order valence-corrected chi connectivity index (χ2v) is 4.56. The molecule has 0 fully saturated rings. The molecule has 0 heterocycles. The van der Waals surface area contributed by atoms with Gasteiger partial charge < -0.3 is 11.5 Å². The fraction of sp³-hybridized carbons (Fsp3) is 0.500. The van der Waals surface area contributed by atoms with Crippen LogP contribution >= 0.6 is 0 Å². The van der Waals surface area contributed by atoms with Crippen molar-refractivity contribution in [3.8, 4) is 0 Å². The van der Waals surface area contributed by atoms with Crippen LogP contribution in [0.4, 0.5) is 4.39 Å². The second kappa shape index (κ2) is 4.73.